The van der Waals surface area contributed by atoms with E-state index in [2.05, 4.69) is 15.6 Å². The van der Waals surface area contributed by atoms with Crippen LogP contribution in [0.2, 0.25) is 0 Å². The van der Waals surface area contributed by atoms with Crippen LogP contribution in [-0.2, 0) is 4.79 Å². The molecule has 0 aliphatic carbocycles. The predicted molar refractivity (Wildman–Crippen MR) is 94.6 cm³/mol. The van der Waals surface area contributed by atoms with Crippen molar-refractivity contribution in [2.24, 2.45) is 4.99 Å². The molecule has 0 fully saturated rings. The summed E-state index contributed by atoms with van der Waals surface area (Å²) in [6.07, 6.45) is 0.252. The van der Waals surface area contributed by atoms with Crippen LogP contribution >= 0.6 is 0 Å². The minimum Gasteiger partial charge on any atom is -0.497 e. The third kappa shape index (κ3) is 4.03. The smallest absolute Gasteiger partial charge is 0.258 e. The van der Waals surface area contributed by atoms with Gasteiger partial charge in [0.05, 0.1) is 19.6 Å². The van der Waals surface area contributed by atoms with Gasteiger partial charge in [-0.15, -0.1) is 0 Å². The van der Waals surface area contributed by atoms with Gasteiger partial charge in [0.15, 0.2) is 0 Å². The molecule has 0 saturated carbocycles. The van der Waals surface area contributed by atoms with E-state index in [1.54, 1.807) is 24.3 Å². The van der Waals surface area contributed by atoms with Crippen molar-refractivity contribution in [3.05, 3.63) is 65.2 Å². The summed E-state index contributed by atoms with van der Waals surface area (Å²) in [5.74, 6) is 0.207. The first kappa shape index (κ1) is 16.7. The van der Waals surface area contributed by atoms with Crippen molar-refractivity contribution in [1.82, 2.24) is 10.6 Å². The molecule has 1 atom stereocenters. The zero-order valence-electron chi connectivity index (χ0n) is 14.1. The Morgan fingerprint density at radius 2 is 2.00 bits per heavy atom. The van der Waals surface area contributed by atoms with Crippen molar-refractivity contribution in [2.75, 3.05) is 7.11 Å². The summed E-state index contributed by atoms with van der Waals surface area (Å²) in [5.41, 5.74) is 2.50. The molecule has 0 aromatic heterocycles. The summed E-state index contributed by atoms with van der Waals surface area (Å²) >= 11 is 0. The average molecular weight is 337 g/mol. The third-order valence-corrected chi connectivity index (χ3v) is 3.95. The highest BCUT2D eigenvalue weighted by Gasteiger charge is 2.23. The Morgan fingerprint density at radius 3 is 2.72 bits per heavy atom. The Hall–Kier alpha value is -3.15. The lowest BCUT2D eigenvalue weighted by Gasteiger charge is -2.21. The molecule has 2 aromatic rings. The van der Waals surface area contributed by atoms with Gasteiger partial charge >= 0.3 is 0 Å². The Morgan fingerprint density at radius 1 is 1.24 bits per heavy atom. The zero-order valence-corrected chi connectivity index (χ0v) is 14.1. The highest BCUT2D eigenvalue weighted by Crippen LogP contribution is 2.23. The molecule has 0 radical (unpaired) electrons. The summed E-state index contributed by atoms with van der Waals surface area (Å²) in [5, 5.41) is 5.26. The summed E-state index contributed by atoms with van der Waals surface area (Å²) in [6.45, 7) is 2.00. The molecule has 1 heterocycles. The van der Waals surface area contributed by atoms with Gasteiger partial charge in [-0.1, -0.05) is 35.9 Å². The minimum atomic E-state index is -0.359. The largest absolute Gasteiger partial charge is 0.497 e. The summed E-state index contributed by atoms with van der Waals surface area (Å²) in [7, 11) is 1.54. The number of carbonyl (C=O) groups is 2. The first-order valence-electron chi connectivity index (χ1n) is 7.95. The predicted octanol–water partition coefficient (Wildman–Crippen LogP) is 2.35. The van der Waals surface area contributed by atoms with Crippen LogP contribution in [0.15, 0.2) is 53.5 Å². The first-order chi connectivity index (χ1) is 12.0. The van der Waals surface area contributed by atoms with E-state index in [0.717, 1.165) is 11.1 Å². The van der Waals surface area contributed by atoms with E-state index in [4.69, 9.17) is 4.74 Å². The van der Waals surface area contributed by atoms with Gasteiger partial charge in [-0.25, -0.2) is 4.99 Å². The molecule has 1 aliphatic heterocycles. The van der Waals surface area contributed by atoms with Crippen LogP contribution < -0.4 is 15.4 Å². The van der Waals surface area contributed by atoms with E-state index in [1.165, 1.54) is 7.11 Å². The molecule has 1 aliphatic rings. The number of hydrogen-bond donors (Lipinski definition) is 2. The zero-order chi connectivity index (χ0) is 17.8. The fraction of sp³-hybridized carbons (Fsp3) is 0.211. The van der Waals surface area contributed by atoms with Gasteiger partial charge < -0.3 is 4.74 Å². The maximum atomic E-state index is 12.4. The van der Waals surface area contributed by atoms with Crippen LogP contribution in [0.25, 0.3) is 0 Å². The number of hydrogen-bond acceptors (Lipinski definition) is 4. The topological polar surface area (TPSA) is 79.8 Å². The minimum absolute atomic E-state index is 0.162. The maximum absolute atomic E-state index is 12.4. The molecule has 6 heteroatoms. The number of benzene rings is 2. The van der Waals surface area contributed by atoms with Crippen LogP contribution in [0, 0.1) is 6.92 Å². The lowest BCUT2D eigenvalue weighted by molar-refractivity contribution is -0.120. The molecule has 128 valence electrons. The Labute approximate surface area is 145 Å². The maximum Gasteiger partial charge on any atom is 0.258 e. The lowest BCUT2D eigenvalue weighted by Crippen LogP contribution is -2.47. The molecule has 0 bridgehead atoms. The van der Waals surface area contributed by atoms with Crippen molar-refractivity contribution in [3.8, 4) is 5.75 Å². The van der Waals surface area contributed by atoms with Gasteiger partial charge in [-0.2, -0.15) is 0 Å². The quantitative estimate of drug-likeness (QED) is 0.902. The lowest BCUT2D eigenvalue weighted by atomic mass is 10.0. The third-order valence-electron chi connectivity index (χ3n) is 3.95. The number of guanidine groups is 1. The number of amides is 2. The van der Waals surface area contributed by atoms with Gasteiger partial charge in [-0.3, -0.25) is 20.2 Å². The van der Waals surface area contributed by atoms with E-state index >= 15 is 0 Å². The number of carbonyl (C=O) groups excluding carboxylic acids is 2. The number of nitrogens with zero attached hydrogens (tertiary/aromatic N) is 1. The second kappa shape index (κ2) is 7.17. The molecule has 1 unspecified atom stereocenters. The summed E-state index contributed by atoms with van der Waals surface area (Å²) < 4.78 is 5.12. The molecule has 2 amide bonds. The van der Waals surface area contributed by atoms with Crippen molar-refractivity contribution in [3.63, 3.8) is 0 Å². The van der Waals surface area contributed by atoms with E-state index in [0.29, 0.717) is 11.3 Å². The monoisotopic (exact) mass is 337 g/mol. The Balaban J connectivity index is 1.79. The second-order valence-electron chi connectivity index (χ2n) is 5.84. The number of aryl methyl sites for hydroxylation is 1. The SMILES string of the molecule is COc1cccc(C(=O)NC2=NC(c3ccc(C)cc3)CC(=O)N2)c1. The van der Waals surface area contributed by atoms with Crippen LogP contribution in [0.1, 0.15) is 33.9 Å². The Kier molecular flexibility index (Phi) is 4.79. The fourth-order valence-electron chi connectivity index (χ4n) is 2.58. The second-order valence-corrected chi connectivity index (χ2v) is 5.84. The molecular weight excluding hydrogens is 318 g/mol. The van der Waals surface area contributed by atoms with Gasteiger partial charge in [0.1, 0.15) is 5.75 Å². The van der Waals surface area contributed by atoms with Gasteiger partial charge in [-0.05, 0) is 30.7 Å². The molecule has 6 nitrogen and oxygen atoms in total. The molecular formula is C19H19N3O3. The molecule has 25 heavy (non-hydrogen) atoms. The van der Waals surface area contributed by atoms with E-state index < -0.39 is 0 Å². The number of aliphatic imine (C=N–C) groups is 1. The average Bonchev–Trinajstić information content (AvgIpc) is 2.62. The summed E-state index contributed by atoms with van der Waals surface area (Å²) in [4.78, 5) is 28.8. The highest BCUT2D eigenvalue weighted by molar-refractivity contribution is 6.10. The molecule has 0 saturated heterocycles. The van der Waals surface area contributed by atoms with Gasteiger partial charge in [0.2, 0.25) is 11.9 Å². The van der Waals surface area contributed by atoms with Crippen molar-refractivity contribution >= 4 is 17.8 Å². The van der Waals surface area contributed by atoms with Gasteiger partial charge in [0, 0.05) is 5.56 Å². The molecule has 0 spiro atoms. The normalized spacial score (nSPS) is 16.6. The molecule has 3 rings (SSSR count). The number of ether oxygens (including phenoxy) is 1. The number of nitrogens with one attached hydrogen (secondary N) is 2. The van der Waals surface area contributed by atoms with Crippen LogP contribution in [0.4, 0.5) is 0 Å². The first-order valence-corrected chi connectivity index (χ1v) is 7.95. The van der Waals surface area contributed by atoms with E-state index in [9.17, 15) is 9.59 Å². The van der Waals surface area contributed by atoms with Crippen molar-refractivity contribution in [1.29, 1.82) is 0 Å². The summed E-state index contributed by atoms with van der Waals surface area (Å²) in [6, 6.07) is 14.3. The fourth-order valence-corrected chi connectivity index (χ4v) is 2.58. The number of methoxy groups -OCH3 is 1. The van der Waals surface area contributed by atoms with Crippen LogP contribution in [0.5, 0.6) is 5.75 Å². The Bertz CT molecular complexity index is 828. The standard InChI is InChI=1S/C19H19N3O3/c1-12-6-8-13(9-7-12)16-11-17(23)21-19(20-16)22-18(24)14-4-3-5-15(10-14)25-2/h3-10,16H,11H2,1-2H3,(H2,20,21,22,23,24). The number of rotatable bonds is 3. The highest BCUT2D eigenvalue weighted by atomic mass is 16.5. The van der Waals surface area contributed by atoms with E-state index in [1.807, 2.05) is 31.2 Å². The van der Waals surface area contributed by atoms with Crippen LogP contribution in [0.3, 0.4) is 0 Å². The van der Waals surface area contributed by atoms with Crippen molar-refractivity contribution in [2.45, 2.75) is 19.4 Å². The van der Waals surface area contributed by atoms with Crippen LogP contribution in [-0.4, -0.2) is 24.9 Å². The molecule has 2 N–H and O–H groups in total. The van der Waals surface area contributed by atoms with E-state index in [-0.39, 0.29) is 30.2 Å². The van der Waals surface area contributed by atoms with Gasteiger partial charge in [0.25, 0.3) is 5.91 Å². The van der Waals surface area contributed by atoms with Crippen molar-refractivity contribution < 1.29 is 14.3 Å². The molecule has 2 aromatic carbocycles.